The van der Waals surface area contributed by atoms with Gasteiger partial charge in [0, 0.05) is 25.4 Å². The number of imide groups is 1. The second kappa shape index (κ2) is 10.2. The van der Waals surface area contributed by atoms with E-state index in [2.05, 4.69) is 10.1 Å². The van der Waals surface area contributed by atoms with E-state index in [-0.39, 0.29) is 59.1 Å². The van der Waals surface area contributed by atoms with Crippen LogP contribution in [0.2, 0.25) is 0 Å². The monoisotopic (exact) mass is 570 g/mol. The predicted molar refractivity (Wildman–Crippen MR) is 139 cm³/mol. The molecule has 1 saturated heterocycles. The van der Waals surface area contributed by atoms with E-state index >= 15 is 0 Å². The fourth-order valence-electron chi connectivity index (χ4n) is 5.01. The summed E-state index contributed by atoms with van der Waals surface area (Å²) in [5.74, 6) is -2.66. The van der Waals surface area contributed by atoms with Crippen molar-refractivity contribution in [2.24, 2.45) is 5.92 Å². The number of halogens is 4. The number of fused-ring (bicyclic) bond motifs is 1. The van der Waals surface area contributed by atoms with E-state index in [4.69, 9.17) is 4.74 Å². The molecule has 0 spiro atoms. The summed E-state index contributed by atoms with van der Waals surface area (Å²) < 4.78 is 61.9. The van der Waals surface area contributed by atoms with Crippen LogP contribution >= 0.6 is 0 Å². The number of nitrogens with zero attached hydrogens (tertiary/aromatic N) is 6. The summed E-state index contributed by atoms with van der Waals surface area (Å²) in [6.45, 7) is 4.79. The number of rotatable bonds is 3. The van der Waals surface area contributed by atoms with Crippen LogP contribution in [-0.2, 0) is 11.3 Å². The largest absolute Gasteiger partial charge is 0.443 e. The normalized spacial score (nSPS) is 17.4. The Labute approximate surface area is 232 Å². The number of anilines is 1. The van der Waals surface area contributed by atoms with Gasteiger partial charge in [-0.25, -0.2) is 23.8 Å². The van der Waals surface area contributed by atoms with Crippen molar-refractivity contribution in [2.75, 3.05) is 18.0 Å². The number of hydrogen-bond acceptors (Lipinski definition) is 7. The molecule has 214 valence electrons. The number of alkyl halides is 3. The van der Waals surface area contributed by atoms with Crippen molar-refractivity contribution in [1.29, 1.82) is 5.26 Å². The van der Waals surface area contributed by atoms with Gasteiger partial charge in [-0.05, 0) is 51.8 Å². The van der Waals surface area contributed by atoms with Gasteiger partial charge in [-0.3, -0.25) is 4.79 Å². The van der Waals surface area contributed by atoms with Gasteiger partial charge in [-0.2, -0.15) is 23.5 Å². The van der Waals surface area contributed by atoms with Crippen molar-refractivity contribution in [1.82, 2.24) is 19.7 Å². The Balaban J connectivity index is 1.60. The van der Waals surface area contributed by atoms with E-state index in [1.54, 1.807) is 20.8 Å². The molecule has 9 nitrogen and oxygen atoms in total. The lowest BCUT2D eigenvalue weighted by Gasteiger charge is -2.33. The van der Waals surface area contributed by atoms with Gasteiger partial charge in [0.25, 0.3) is 5.91 Å². The van der Waals surface area contributed by atoms with E-state index in [1.807, 2.05) is 6.07 Å². The summed E-state index contributed by atoms with van der Waals surface area (Å²) >= 11 is 0. The number of amides is 2. The molecule has 1 unspecified atom stereocenters. The number of carbonyl (C=O) groups is 2. The van der Waals surface area contributed by atoms with Crippen LogP contribution in [0.25, 0.3) is 16.9 Å². The summed E-state index contributed by atoms with van der Waals surface area (Å²) in [6, 6.07) is 8.81. The van der Waals surface area contributed by atoms with Gasteiger partial charge in [-0.15, -0.1) is 0 Å². The Morgan fingerprint density at radius 3 is 2.61 bits per heavy atom. The van der Waals surface area contributed by atoms with Crippen LogP contribution in [0, 0.1) is 23.1 Å². The Kier molecular flexibility index (Phi) is 6.97. The van der Waals surface area contributed by atoms with Crippen molar-refractivity contribution >= 4 is 17.8 Å². The summed E-state index contributed by atoms with van der Waals surface area (Å²) in [4.78, 5) is 33.2. The molecule has 1 aromatic carbocycles. The lowest BCUT2D eigenvalue weighted by Crippen LogP contribution is -2.42. The highest BCUT2D eigenvalue weighted by molar-refractivity contribution is 6.08. The third kappa shape index (κ3) is 5.46. The zero-order valence-corrected chi connectivity index (χ0v) is 22.5. The van der Waals surface area contributed by atoms with E-state index in [1.165, 1.54) is 46.1 Å². The number of carbonyl (C=O) groups excluding carboxylic acids is 2. The van der Waals surface area contributed by atoms with Crippen LogP contribution in [-0.4, -0.2) is 56.5 Å². The van der Waals surface area contributed by atoms with Crippen LogP contribution in [0.15, 0.2) is 36.5 Å². The second-order valence-corrected chi connectivity index (χ2v) is 10.9. The van der Waals surface area contributed by atoms with Crippen molar-refractivity contribution in [3.05, 3.63) is 59.2 Å². The molecule has 5 rings (SSSR count). The predicted octanol–water partition coefficient (Wildman–Crippen LogP) is 5.61. The van der Waals surface area contributed by atoms with E-state index in [0.29, 0.717) is 13.0 Å². The molecule has 0 radical (unpaired) electrons. The van der Waals surface area contributed by atoms with Crippen LogP contribution < -0.4 is 4.90 Å². The summed E-state index contributed by atoms with van der Waals surface area (Å²) in [5.41, 5.74) is -0.683. The van der Waals surface area contributed by atoms with Crippen molar-refractivity contribution in [2.45, 2.75) is 51.9 Å². The third-order valence-electron chi connectivity index (χ3n) is 6.87. The first kappa shape index (κ1) is 28.1. The number of hydrogen-bond donors (Lipinski definition) is 0. The van der Waals surface area contributed by atoms with Crippen LogP contribution in [0.4, 0.5) is 28.2 Å². The minimum absolute atomic E-state index is 0.00406. The maximum atomic E-state index is 15.0. The highest BCUT2D eigenvalue weighted by Gasteiger charge is 2.43. The molecular weight excluding hydrogens is 544 g/mol. The minimum atomic E-state index is -4.34. The second-order valence-electron chi connectivity index (χ2n) is 10.9. The Morgan fingerprint density at radius 1 is 1.17 bits per heavy atom. The van der Waals surface area contributed by atoms with E-state index < -0.39 is 35.5 Å². The molecule has 2 aliphatic rings. The highest BCUT2D eigenvalue weighted by Crippen LogP contribution is 2.36. The molecular formula is C28H26F4N6O3. The topological polar surface area (TPSA) is 104 Å². The molecule has 3 aromatic rings. The Hall–Kier alpha value is -4.47. The fourth-order valence-corrected chi connectivity index (χ4v) is 5.01. The standard InChI is InChI=1S/C28H26F4N6O3/c1-27(2,3)41-26(40)37-15-20-24(25(37)39)21(12-19(34-20)23-16(13-33)6-4-8-18(23)29)38-11-9-22(35-38)36-10-5-7-17(14-36)28(30,31)32/h4,6,8-9,11-12,17H,5,7,10,14-15H2,1-3H3. The summed E-state index contributed by atoms with van der Waals surface area (Å²) in [5, 5.41) is 14.1. The van der Waals surface area contributed by atoms with Crippen molar-refractivity contribution in [3.63, 3.8) is 0 Å². The highest BCUT2D eigenvalue weighted by atomic mass is 19.4. The quantitative estimate of drug-likeness (QED) is 0.377. The minimum Gasteiger partial charge on any atom is -0.443 e. The molecule has 2 amide bonds. The summed E-state index contributed by atoms with van der Waals surface area (Å²) in [7, 11) is 0. The number of nitriles is 1. The van der Waals surface area contributed by atoms with E-state index in [0.717, 1.165) is 4.90 Å². The number of ether oxygens (including phenoxy) is 1. The smallest absolute Gasteiger partial charge is 0.417 e. The van der Waals surface area contributed by atoms with Gasteiger partial charge in [0.2, 0.25) is 0 Å². The first-order valence-corrected chi connectivity index (χ1v) is 12.9. The van der Waals surface area contributed by atoms with Crippen LogP contribution in [0.1, 0.15) is 55.2 Å². The number of pyridine rings is 1. The van der Waals surface area contributed by atoms with Crippen molar-refractivity contribution < 1.29 is 31.9 Å². The first-order chi connectivity index (χ1) is 19.3. The van der Waals surface area contributed by atoms with Gasteiger partial charge in [0.05, 0.1) is 52.3 Å². The molecule has 41 heavy (non-hydrogen) atoms. The van der Waals surface area contributed by atoms with Gasteiger partial charge < -0.3 is 9.64 Å². The number of benzene rings is 1. The lowest BCUT2D eigenvalue weighted by molar-refractivity contribution is -0.176. The SMILES string of the molecule is CC(C)(C)OC(=O)N1Cc2nc(-c3c(F)cccc3C#N)cc(-n3ccc(N4CCCC(C(F)(F)F)C4)n3)c2C1=O. The average Bonchev–Trinajstić information content (AvgIpc) is 3.52. The van der Waals surface area contributed by atoms with Gasteiger partial charge in [0.1, 0.15) is 11.4 Å². The molecule has 0 aliphatic carbocycles. The maximum Gasteiger partial charge on any atom is 0.417 e. The number of aromatic nitrogens is 3. The molecule has 1 fully saturated rings. The Bertz CT molecular complexity index is 1570. The number of piperidine rings is 1. The molecule has 2 aromatic heterocycles. The average molecular weight is 571 g/mol. The fraction of sp³-hybridized carbons (Fsp3) is 0.393. The molecule has 0 bridgehead atoms. The summed E-state index contributed by atoms with van der Waals surface area (Å²) in [6.07, 6.45) is -3.40. The van der Waals surface area contributed by atoms with Crippen LogP contribution in [0.3, 0.4) is 0 Å². The first-order valence-electron chi connectivity index (χ1n) is 12.9. The third-order valence-corrected chi connectivity index (χ3v) is 6.87. The van der Waals surface area contributed by atoms with Gasteiger partial charge >= 0.3 is 12.3 Å². The molecule has 0 N–H and O–H groups in total. The molecule has 4 heterocycles. The molecule has 2 aliphatic heterocycles. The molecule has 0 saturated carbocycles. The molecule has 1 atom stereocenters. The zero-order chi connectivity index (χ0) is 29.7. The maximum absolute atomic E-state index is 15.0. The molecule has 13 heteroatoms. The zero-order valence-electron chi connectivity index (χ0n) is 22.5. The van der Waals surface area contributed by atoms with Crippen molar-refractivity contribution in [3.8, 4) is 23.0 Å². The van der Waals surface area contributed by atoms with Gasteiger partial charge in [0.15, 0.2) is 5.82 Å². The van der Waals surface area contributed by atoms with Gasteiger partial charge in [-0.1, -0.05) is 6.07 Å². The lowest BCUT2D eigenvalue weighted by atomic mass is 9.97. The van der Waals surface area contributed by atoms with E-state index in [9.17, 15) is 32.4 Å². The van der Waals surface area contributed by atoms with Crippen LogP contribution in [0.5, 0.6) is 0 Å². The Morgan fingerprint density at radius 2 is 1.93 bits per heavy atom.